The molecule has 0 amide bonds. The van der Waals surface area contributed by atoms with Crippen LogP contribution < -0.4 is 5.32 Å². The Morgan fingerprint density at radius 2 is 2.00 bits per heavy atom. The number of rotatable bonds is 3. The largest absolute Gasteiger partial charge is 0.363 e. The fourth-order valence-corrected chi connectivity index (χ4v) is 2.96. The number of hydrogen-bond acceptors (Lipinski definition) is 5. The Morgan fingerprint density at radius 1 is 1.15 bits per heavy atom. The molecule has 0 saturated heterocycles. The van der Waals surface area contributed by atoms with Crippen molar-refractivity contribution >= 4 is 28.1 Å². The second kappa shape index (κ2) is 5.17. The van der Waals surface area contributed by atoms with Crippen molar-refractivity contribution in [2.75, 3.05) is 5.32 Å². The van der Waals surface area contributed by atoms with Crippen molar-refractivity contribution in [2.45, 2.75) is 27.3 Å². The van der Waals surface area contributed by atoms with Gasteiger partial charge in [0.1, 0.15) is 17.2 Å². The van der Waals surface area contributed by atoms with Crippen molar-refractivity contribution in [1.29, 1.82) is 0 Å². The number of thiazole rings is 1. The van der Waals surface area contributed by atoms with Crippen LogP contribution in [-0.4, -0.2) is 15.0 Å². The van der Waals surface area contributed by atoms with Crippen LogP contribution in [0.15, 0.2) is 24.5 Å². The molecule has 0 aliphatic rings. The van der Waals surface area contributed by atoms with Gasteiger partial charge < -0.3 is 5.32 Å². The highest BCUT2D eigenvalue weighted by atomic mass is 32.1. The minimum absolute atomic E-state index is 0.694. The van der Waals surface area contributed by atoms with E-state index < -0.39 is 0 Å². The third kappa shape index (κ3) is 2.49. The van der Waals surface area contributed by atoms with E-state index in [0.29, 0.717) is 6.54 Å². The number of nitrogens with one attached hydrogen (secondary N) is 1. The molecule has 0 bridgehead atoms. The summed E-state index contributed by atoms with van der Waals surface area (Å²) in [6.07, 6.45) is 1.60. The van der Waals surface area contributed by atoms with E-state index in [1.165, 1.54) is 10.4 Å². The number of anilines is 1. The first-order valence-corrected chi connectivity index (χ1v) is 7.33. The smallest absolute Gasteiger partial charge is 0.137 e. The molecule has 0 saturated carbocycles. The second-order valence-corrected chi connectivity index (χ2v) is 6.13. The van der Waals surface area contributed by atoms with Gasteiger partial charge in [-0.1, -0.05) is 11.6 Å². The topological polar surface area (TPSA) is 50.7 Å². The molecule has 0 spiro atoms. The van der Waals surface area contributed by atoms with Gasteiger partial charge in [0.25, 0.3) is 0 Å². The molecule has 0 atom stereocenters. The molecule has 1 N–H and O–H groups in total. The van der Waals surface area contributed by atoms with Crippen molar-refractivity contribution in [3.05, 3.63) is 45.7 Å². The summed E-state index contributed by atoms with van der Waals surface area (Å²) in [4.78, 5) is 14.4. The molecule has 3 rings (SSSR count). The first kappa shape index (κ1) is 13.0. The zero-order valence-corrected chi connectivity index (χ0v) is 12.6. The van der Waals surface area contributed by atoms with Gasteiger partial charge in [0.2, 0.25) is 0 Å². The first-order valence-electron chi connectivity index (χ1n) is 6.51. The minimum Gasteiger partial charge on any atom is -0.363 e. The molecule has 4 nitrogen and oxygen atoms in total. The lowest BCUT2D eigenvalue weighted by molar-refractivity contribution is 1.05. The molecule has 0 aliphatic carbocycles. The zero-order chi connectivity index (χ0) is 14.1. The number of aromatic nitrogens is 3. The molecule has 0 fully saturated rings. The maximum atomic E-state index is 4.54. The summed E-state index contributed by atoms with van der Waals surface area (Å²) in [7, 11) is 0. The van der Waals surface area contributed by atoms with E-state index >= 15 is 0 Å². The average Bonchev–Trinajstić information content (AvgIpc) is 2.75. The molecule has 2 aromatic heterocycles. The van der Waals surface area contributed by atoms with Crippen molar-refractivity contribution in [1.82, 2.24) is 15.0 Å². The van der Waals surface area contributed by atoms with Gasteiger partial charge in [-0.2, -0.15) is 0 Å². The third-order valence-corrected chi connectivity index (χ3v) is 4.34. The quantitative estimate of drug-likeness (QED) is 0.798. The normalized spacial score (nSPS) is 10.9. The highest BCUT2D eigenvalue weighted by molar-refractivity contribution is 7.11. The van der Waals surface area contributed by atoms with Crippen molar-refractivity contribution in [3.8, 4) is 0 Å². The van der Waals surface area contributed by atoms with Gasteiger partial charge in [-0.3, -0.25) is 0 Å². The predicted octanol–water partition coefficient (Wildman–Crippen LogP) is 3.62. The summed E-state index contributed by atoms with van der Waals surface area (Å²) in [6, 6.07) is 6.19. The van der Waals surface area contributed by atoms with E-state index in [2.05, 4.69) is 46.2 Å². The zero-order valence-electron chi connectivity index (χ0n) is 11.8. The maximum Gasteiger partial charge on any atom is 0.137 e. The summed E-state index contributed by atoms with van der Waals surface area (Å²) in [5, 5.41) is 5.50. The Hall–Kier alpha value is -2.01. The molecule has 2 heterocycles. The lowest BCUT2D eigenvalue weighted by Crippen LogP contribution is -2.02. The number of benzene rings is 1. The average molecular weight is 284 g/mol. The fourth-order valence-electron chi connectivity index (χ4n) is 2.09. The summed E-state index contributed by atoms with van der Waals surface area (Å²) in [5.74, 6) is 0.865. The van der Waals surface area contributed by atoms with Crippen LogP contribution in [0.1, 0.15) is 21.1 Å². The SMILES string of the molecule is Cc1ccc2ncnc(NCc3nc(C)c(C)s3)c2c1. The second-order valence-electron chi connectivity index (χ2n) is 4.85. The fraction of sp³-hybridized carbons (Fsp3) is 0.267. The molecule has 20 heavy (non-hydrogen) atoms. The van der Waals surface area contributed by atoms with Gasteiger partial charge in [-0.25, -0.2) is 15.0 Å². The van der Waals surface area contributed by atoms with Crippen LogP contribution in [0.2, 0.25) is 0 Å². The lowest BCUT2D eigenvalue weighted by Gasteiger charge is -2.07. The van der Waals surface area contributed by atoms with Crippen LogP contribution >= 0.6 is 11.3 Å². The molecule has 0 radical (unpaired) electrons. The van der Waals surface area contributed by atoms with Crippen LogP contribution in [0.25, 0.3) is 10.9 Å². The van der Waals surface area contributed by atoms with Gasteiger partial charge in [-0.05, 0) is 32.9 Å². The van der Waals surface area contributed by atoms with E-state index in [-0.39, 0.29) is 0 Å². The Morgan fingerprint density at radius 3 is 2.75 bits per heavy atom. The monoisotopic (exact) mass is 284 g/mol. The Balaban J connectivity index is 1.89. The number of aryl methyl sites for hydroxylation is 3. The Kier molecular flexibility index (Phi) is 3.36. The van der Waals surface area contributed by atoms with Crippen molar-refractivity contribution in [2.24, 2.45) is 0 Å². The molecule has 102 valence electrons. The number of hydrogen-bond donors (Lipinski definition) is 1. The van der Waals surface area contributed by atoms with Crippen LogP contribution in [0, 0.1) is 20.8 Å². The van der Waals surface area contributed by atoms with Crippen molar-refractivity contribution < 1.29 is 0 Å². The number of nitrogens with zero attached hydrogens (tertiary/aromatic N) is 3. The first-order chi connectivity index (χ1) is 9.63. The molecule has 3 aromatic rings. The Labute approximate surface area is 121 Å². The van der Waals surface area contributed by atoms with E-state index in [4.69, 9.17) is 0 Å². The van der Waals surface area contributed by atoms with Gasteiger partial charge in [0.15, 0.2) is 0 Å². The molecular weight excluding hydrogens is 268 g/mol. The summed E-state index contributed by atoms with van der Waals surface area (Å²) in [5.41, 5.74) is 3.27. The summed E-state index contributed by atoms with van der Waals surface area (Å²) in [6.45, 7) is 6.90. The van der Waals surface area contributed by atoms with Gasteiger partial charge >= 0.3 is 0 Å². The molecule has 0 aliphatic heterocycles. The standard InChI is InChI=1S/C15H16N4S/c1-9-4-5-13-12(6-9)15(18-8-17-13)16-7-14-19-10(2)11(3)20-14/h4-6,8H,7H2,1-3H3,(H,16,17,18). The number of fused-ring (bicyclic) bond motifs is 1. The van der Waals surface area contributed by atoms with Gasteiger partial charge in [0, 0.05) is 10.3 Å². The molecule has 1 aromatic carbocycles. The van der Waals surface area contributed by atoms with Crippen LogP contribution in [0.4, 0.5) is 5.82 Å². The van der Waals surface area contributed by atoms with Crippen LogP contribution in [0.3, 0.4) is 0 Å². The molecular formula is C15H16N4S. The molecule has 5 heteroatoms. The highest BCUT2D eigenvalue weighted by Gasteiger charge is 2.06. The summed E-state index contributed by atoms with van der Waals surface area (Å²) >= 11 is 1.73. The van der Waals surface area contributed by atoms with Crippen LogP contribution in [0.5, 0.6) is 0 Å². The summed E-state index contributed by atoms with van der Waals surface area (Å²) < 4.78 is 0. The Bertz CT molecular complexity index is 744. The van der Waals surface area contributed by atoms with Gasteiger partial charge in [0.05, 0.1) is 17.8 Å². The predicted molar refractivity (Wildman–Crippen MR) is 83.2 cm³/mol. The van der Waals surface area contributed by atoms with Crippen LogP contribution in [-0.2, 0) is 6.54 Å². The van der Waals surface area contributed by atoms with E-state index in [1.807, 2.05) is 13.0 Å². The third-order valence-electron chi connectivity index (χ3n) is 3.27. The van der Waals surface area contributed by atoms with Gasteiger partial charge in [-0.15, -0.1) is 11.3 Å². The van der Waals surface area contributed by atoms with E-state index in [1.54, 1.807) is 17.7 Å². The highest BCUT2D eigenvalue weighted by Crippen LogP contribution is 2.22. The van der Waals surface area contributed by atoms with Crippen molar-refractivity contribution in [3.63, 3.8) is 0 Å². The minimum atomic E-state index is 0.694. The van der Waals surface area contributed by atoms with E-state index in [0.717, 1.165) is 27.4 Å². The molecule has 0 unspecified atom stereocenters. The van der Waals surface area contributed by atoms with E-state index in [9.17, 15) is 0 Å². The lowest BCUT2D eigenvalue weighted by atomic mass is 10.1. The maximum absolute atomic E-state index is 4.54.